The first kappa shape index (κ1) is 15.6. The van der Waals surface area contributed by atoms with Crippen molar-refractivity contribution in [3.8, 4) is 0 Å². The first-order chi connectivity index (χ1) is 12.3. The van der Waals surface area contributed by atoms with Gasteiger partial charge in [-0.15, -0.1) is 11.3 Å². The maximum atomic E-state index is 12.7. The van der Waals surface area contributed by atoms with Gasteiger partial charge in [0.05, 0.1) is 10.4 Å². The number of aromatic nitrogens is 1. The van der Waals surface area contributed by atoms with Gasteiger partial charge in [-0.3, -0.25) is 4.79 Å². The maximum absolute atomic E-state index is 12.7. The monoisotopic (exact) mass is 356 g/mol. The standard InChI is InChI=1S/C19H24N4OS/c24-19(21-14-7-13-3-6-22(10-13)11-14)16-8-15-17(23-4-1-2-5-23)12-25-18(15)9-20-16/h8-9,12-14H,1-7,10-11H2,(H,21,24). The van der Waals surface area contributed by atoms with E-state index in [4.69, 9.17) is 0 Å². The number of anilines is 1. The Labute approximate surface area is 152 Å². The Morgan fingerprint density at radius 3 is 2.96 bits per heavy atom. The third-order valence-corrected chi connectivity index (χ3v) is 6.84. The summed E-state index contributed by atoms with van der Waals surface area (Å²) in [6, 6.07) is 2.26. The molecule has 1 N–H and O–H groups in total. The van der Waals surface area contributed by atoms with Crippen molar-refractivity contribution < 1.29 is 4.79 Å². The van der Waals surface area contributed by atoms with Gasteiger partial charge in [0, 0.05) is 49.2 Å². The fourth-order valence-corrected chi connectivity index (χ4v) is 5.59. The molecule has 5 rings (SSSR count). The summed E-state index contributed by atoms with van der Waals surface area (Å²) in [7, 11) is 0. The van der Waals surface area contributed by atoms with E-state index < -0.39 is 0 Å². The lowest BCUT2D eigenvalue weighted by Crippen LogP contribution is -2.47. The number of carbonyl (C=O) groups is 1. The van der Waals surface area contributed by atoms with Crippen LogP contribution in [0.3, 0.4) is 0 Å². The first-order valence-electron chi connectivity index (χ1n) is 9.42. The van der Waals surface area contributed by atoms with E-state index in [1.54, 1.807) is 11.3 Å². The predicted molar refractivity (Wildman–Crippen MR) is 101 cm³/mol. The molecule has 2 bridgehead atoms. The summed E-state index contributed by atoms with van der Waals surface area (Å²) in [4.78, 5) is 22.1. The molecular formula is C19H24N4OS. The lowest BCUT2D eigenvalue weighted by molar-refractivity contribution is 0.0904. The highest BCUT2D eigenvalue weighted by Crippen LogP contribution is 2.35. The number of fused-ring (bicyclic) bond motifs is 3. The zero-order valence-electron chi connectivity index (χ0n) is 14.4. The van der Waals surface area contributed by atoms with Crippen LogP contribution in [0.25, 0.3) is 10.1 Å². The summed E-state index contributed by atoms with van der Waals surface area (Å²) in [6.45, 7) is 5.63. The van der Waals surface area contributed by atoms with Crippen molar-refractivity contribution >= 4 is 33.0 Å². The van der Waals surface area contributed by atoms with E-state index in [-0.39, 0.29) is 11.9 Å². The minimum absolute atomic E-state index is 0.0204. The highest BCUT2D eigenvalue weighted by Gasteiger charge is 2.33. The number of piperidine rings is 1. The third-order valence-electron chi connectivity index (χ3n) is 5.92. The fourth-order valence-electron chi connectivity index (χ4n) is 4.67. The average Bonchev–Trinajstić information content (AvgIpc) is 3.34. The van der Waals surface area contributed by atoms with Crippen LogP contribution < -0.4 is 10.2 Å². The first-order valence-corrected chi connectivity index (χ1v) is 10.3. The molecule has 1 amide bonds. The normalized spacial score (nSPS) is 28.6. The summed E-state index contributed by atoms with van der Waals surface area (Å²) < 4.78 is 1.17. The van der Waals surface area contributed by atoms with E-state index in [9.17, 15) is 4.79 Å². The predicted octanol–water partition coefficient (Wildman–Crippen LogP) is 2.72. The van der Waals surface area contributed by atoms with Crippen molar-refractivity contribution in [1.29, 1.82) is 0 Å². The highest BCUT2D eigenvalue weighted by atomic mass is 32.1. The van der Waals surface area contributed by atoms with Crippen LogP contribution in [0.15, 0.2) is 17.6 Å². The third kappa shape index (κ3) is 2.91. The summed E-state index contributed by atoms with van der Waals surface area (Å²) in [6.07, 6.45) is 6.78. The summed E-state index contributed by atoms with van der Waals surface area (Å²) in [5.41, 5.74) is 1.83. The smallest absolute Gasteiger partial charge is 0.270 e. The molecule has 2 aromatic rings. The number of hydrogen-bond donors (Lipinski definition) is 1. The summed E-state index contributed by atoms with van der Waals surface area (Å²) in [5.74, 6) is 0.737. The number of nitrogens with one attached hydrogen (secondary N) is 1. The Morgan fingerprint density at radius 2 is 2.12 bits per heavy atom. The number of nitrogens with zero attached hydrogens (tertiary/aromatic N) is 3. The van der Waals surface area contributed by atoms with Gasteiger partial charge in [-0.25, -0.2) is 4.98 Å². The number of carbonyl (C=O) groups excluding carboxylic acids is 1. The van der Waals surface area contributed by atoms with Crippen LogP contribution in [0.4, 0.5) is 5.69 Å². The number of amides is 1. The van der Waals surface area contributed by atoms with Crippen LogP contribution in [0, 0.1) is 5.92 Å². The molecule has 6 heteroatoms. The van der Waals surface area contributed by atoms with Gasteiger partial charge < -0.3 is 15.1 Å². The topological polar surface area (TPSA) is 48.5 Å². The van der Waals surface area contributed by atoms with E-state index >= 15 is 0 Å². The molecule has 3 fully saturated rings. The van der Waals surface area contributed by atoms with Crippen molar-refractivity contribution in [2.75, 3.05) is 37.6 Å². The highest BCUT2D eigenvalue weighted by molar-refractivity contribution is 7.17. The average molecular weight is 356 g/mol. The van der Waals surface area contributed by atoms with Crippen molar-refractivity contribution in [3.05, 3.63) is 23.3 Å². The molecule has 132 valence electrons. The second kappa shape index (κ2) is 6.25. The number of pyridine rings is 1. The second-order valence-electron chi connectivity index (χ2n) is 7.70. The van der Waals surface area contributed by atoms with Gasteiger partial charge in [0.2, 0.25) is 0 Å². The molecule has 3 saturated heterocycles. The molecule has 2 aromatic heterocycles. The maximum Gasteiger partial charge on any atom is 0.270 e. The number of rotatable bonds is 3. The lowest BCUT2D eigenvalue weighted by Gasteiger charge is -2.30. The Kier molecular flexibility index (Phi) is 3.90. The molecule has 5 heterocycles. The van der Waals surface area contributed by atoms with Crippen LogP contribution >= 0.6 is 11.3 Å². The van der Waals surface area contributed by atoms with Crippen molar-refractivity contribution in [3.63, 3.8) is 0 Å². The minimum atomic E-state index is -0.0204. The molecule has 3 atom stereocenters. The van der Waals surface area contributed by atoms with E-state index in [1.165, 1.54) is 48.1 Å². The van der Waals surface area contributed by atoms with Gasteiger partial charge in [-0.05, 0) is 44.2 Å². The van der Waals surface area contributed by atoms with Crippen LogP contribution in [0.5, 0.6) is 0 Å². The van der Waals surface area contributed by atoms with Gasteiger partial charge in [-0.2, -0.15) is 0 Å². The number of thiophene rings is 1. The quantitative estimate of drug-likeness (QED) is 0.919. The largest absolute Gasteiger partial charge is 0.370 e. The Bertz CT molecular complexity index is 786. The minimum Gasteiger partial charge on any atom is -0.370 e. The fraction of sp³-hybridized carbons (Fsp3) is 0.579. The summed E-state index contributed by atoms with van der Waals surface area (Å²) >= 11 is 1.72. The molecule has 5 nitrogen and oxygen atoms in total. The molecule has 0 radical (unpaired) electrons. The van der Waals surface area contributed by atoms with Crippen LogP contribution in [-0.2, 0) is 0 Å². The molecule has 3 aliphatic rings. The molecular weight excluding hydrogens is 332 g/mol. The Hall–Kier alpha value is -1.66. The molecule has 0 saturated carbocycles. The van der Waals surface area contributed by atoms with E-state index in [2.05, 4.69) is 25.5 Å². The van der Waals surface area contributed by atoms with E-state index in [0.29, 0.717) is 5.69 Å². The molecule has 3 aliphatic heterocycles. The SMILES string of the molecule is O=C(NC1CC2CCN(C2)C1)c1cc2c(N3CCCC3)csc2cn1. The second-order valence-corrected chi connectivity index (χ2v) is 8.61. The van der Waals surface area contributed by atoms with Gasteiger partial charge in [0.1, 0.15) is 5.69 Å². The van der Waals surface area contributed by atoms with Crippen molar-refractivity contribution in [2.24, 2.45) is 5.92 Å². The van der Waals surface area contributed by atoms with Crippen LogP contribution in [0.2, 0.25) is 0 Å². The summed E-state index contributed by atoms with van der Waals surface area (Å²) in [5, 5.41) is 6.62. The van der Waals surface area contributed by atoms with Crippen molar-refractivity contribution in [1.82, 2.24) is 15.2 Å². The Morgan fingerprint density at radius 1 is 1.24 bits per heavy atom. The van der Waals surface area contributed by atoms with Gasteiger partial charge in [0.25, 0.3) is 5.91 Å². The Balaban J connectivity index is 1.36. The van der Waals surface area contributed by atoms with Gasteiger partial charge >= 0.3 is 0 Å². The van der Waals surface area contributed by atoms with E-state index in [1.807, 2.05) is 12.3 Å². The zero-order valence-corrected chi connectivity index (χ0v) is 15.2. The lowest BCUT2D eigenvalue weighted by atomic mass is 9.97. The molecule has 0 spiro atoms. The number of hydrogen-bond acceptors (Lipinski definition) is 5. The molecule has 0 aromatic carbocycles. The molecule has 3 unspecified atom stereocenters. The van der Waals surface area contributed by atoms with E-state index in [0.717, 1.165) is 32.0 Å². The van der Waals surface area contributed by atoms with Crippen LogP contribution in [-0.4, -0.2) is 54.6 Å². The molecule has 0 aliphatic carbocycles. The van der Waals surface area contributed by atoms with Gasteiger partial charge in [0.15, 0.2) is 0 Å². The zero-order chi connectivity index (χ0) is 16.8. The molecule has 25 heavy (non-hydrogen) atoms. The van der Waals surface area contributed by atoms with Gasteiger partial charge in [-0.1, -0.05) is 0 Å². The van der Waals surface area contributed by atoms with Crippen molar-refractivity contribution in [2.45, 2.75) is 31.7 Å². The van der Waals surface area contributed by atoms with Crippen LogP contribution in [0.1, 0.15) is 36.2 Å².